The first-order valence-electron chi connectivity index (χ1n) is 6.80. The first kappa shape index (κ1) is 16.2. The molecule has 5 heteroatoms. The zero-order valence-electron chi connectivity index (χ0n) is 12.3. The lowest BCUT2D eigenvalue weighted by molar-refractivity contribution is -0.130. The molecule has 2 amide bonds. The molecule has 0 spiro atoms. The highest BCUT2D eigenvalue weighted by molar-refractivity contribution is 5.92. The summed E-state index contributed by atoms with van der Waals surface area (Å²) in [5, 5.41) is 3.22. The van der Waals surface area contributed by atoms with Gasteiger partial charge in [-0.2, -0.15) is 0 Å². The number of rotatable bonds is 7. The van der Waals surface area contributed by atoms with E-state index in [1.165, 1.54) is 0 Å². The molecule has 0 saturated carbocycles. The number of carbonyl (C=O) groups excluding carboxylic acids is 2. The Morgan fingerprint density at radius 1 is 1.30 bits per heavy atom. The van der Waals surface area contributed by atoms with Crippen molar-refractivity contribution in [3.05, 3.63) is 35.4 Å². The summed E-state index contributed by atoms with van der Waals surface area (Å²) in [5.41, 5.74) is 6.64. The minimum atomic E-state index is -0.444. The fourth-order valence-electron chi connectivity index (χ4n) is 1.97. The molecule has 0 bridgehead atoms. The highest BCUT2D eigenvalue weighted by atomic mass is 16.2. The minimum Gasteiger partial charge on any atom is -0.366 e. The quantitative estimate of drug-likeness (QED) is 0.784. The number of primary amides is 1. The summed E-state index contributed by atoms with van der Waals surface area (Å²) < 4.78 is 0. The van der Waals surface area contributed by atoms with Crippen molar-refractivity contribution in [1.82, 2.24) is 10.2 Å². The Morgan fingerprint density at radius 3 is 2.40 bits per heavy atom. The first-order chi connectivity index (χ1) is 9.43. The van der Waals surface area contributed by atoms with Crippen LogP contribution in [-0.4, -0.2) is 36.3 Å². The predicted molar refractivity (Wildman–Crippen MR) is 79.2 cm³/mol. The monoisotopic (exact) mass is 277 g/mol. The number of hydrogen-bond donors (Lipinski definition) is 2. The van der Waals surface area contributed by atoms with Crippen molar-refractivity contribution in [2.24, 2.45) is 5.73 Å². The summed E-state index contributed by atoms with van der Waals surface area (Å²) in [6.07, 6.45) is 0.476. The van der Waals surface area contributed by atoms with Gasteiger partial charge in [0.2, 0.25) is 11.8 Å². The Morgan fingerprint density at radius 2 is 1.90 bits per heavy atom. The van der Waals surface area contributed by atoms with Gasteiger partial charge in [-0.1, -0.05) is 19.1 Å². The van der Waals surface area contributed by atoms with Gasteiger partial charge < -0.3 is 16.0 Å². The molecule has 110 valence electrons. The molecule has 0 fully saturated rings. The van der Waals surface area contributed by atoms with Gasteiger partial charge in [-0.3, -0.25) is 9.59 Å². The van der Waals surface area contributed by atoms with Crippen molar-refractivity contribution >= 4 is 11.8 Å². The van der Waals surface area contributed by atoms with Crippen LogP contribution in [0.15, 0.2) is 24.3 Å². The fraction of sp³-hybridized carbons (Fsp3) is 0.467. The van der Waals surface area contributed by atoms with Crippen LogP contribution in [0.1, 0.15) is 36.2 Å². The van der Waals surface area contributed by atoms with E-state index in [1.54, 1.807) is 24.1 Å². The molecule has 3 N–H and O–H groups in total. The Labute approximate surface area is 120 Å². The topological polar surface area (TPSA) is 75.4 Å². The summed E-state index contributed by atoms with van der Waals surface area (Å²) >= 11 is 0. The molecule has 0 saturated heterocycles. The van der Waals surface area contributed by atoms with Gasteiger partial charge in [0.25, 0.3) is 0 Å². The molecule has 1 atom stereocenters. The lowest BCUT2D eigenvalue weighted by Gasteiger charge is -2.20. The van der Waals surface area contributed by atoms with Gasteiger partial charge in [0.05, 0.1) is 0 Å². The van der Waals surface area contributed by atoms with Crippen molar-refractivity contribution in [2.45, 2.75) is 32.9 Å². The number of amides is 2. The summed E-state index contributed by atoms with van der Waals surface area (Å²) in [6.45, 7) is 5.39. The maximum atomic E-state index is 12.0. The molecule has 1 unspecified atom stereocenters. The summed E-state index contributed by atoms with van der Waals surface area (Å²) in [6, 6.07) is 7.16. The minimum absolute atomic E-state index is 0.0948. The molecular weight excluding hydrogens is 254 g/mol. The molecule has 0 aromatic heterocycles. The third-order valence-electron chi connectivity index (χ3n) is 3.12. The molecule has 1 aromatic rings. The number of benzene rings is 1. The summed E-state index contributed by atoms with van der Waals surface area (Å²) in [5.74, 6) is -0.349. The number of nitrogens with zero attached hydrogens (tertiary/aromatic N) is 1. The van der Waals surface area contributed by atoms with Crippen LogP contribution in [0.2, 0.25) is 0 Å². The molecule has 0 aliphatic heterocycles. The molecule has 0 aliphatic rings. The second-order valence-corrected chi connectivity index (χ2v) is 4.97. The van der Waals surface area contributed by atoms with Crippen LogP contribution in [0.25, 0.3) is 0 Å². The fourth-order valence-corrected chi connectivity index (χ4v) is 1.97. The highest BCUT2D eigenvalue weighted by Crippen LogP contribution is 2.08. The largest absolute Gasteiger partial charge is 0.366 e. The third-order valence-corrected chi connectivity index (χ3v) is 3.12. The molecule has 1 rings (SSSR count). The number of hydrogen-bond acceptors (Lipinski definition) is 3. The predicted octanol–water partition coefficient (Wildman–Crippen LogP) is 1.13. The van der Waals surface area contributed by atoms with Crippen molar-refractivity contribution in [3.8, 4) is 0 Å². The van der Waals surface area contributed by atoms with Crippen molar-refractivity contribution < 1.29 is 9.59 Å². The van der Waals surface area contributed by atoms with Crippen LogP contribution in [0.3, 0.4) is 0 Å². The van der Waals surface area contributed by atoms with Crippen LogP contribution in [0.5, 0.6) is 0 Å². The number of nitrogens with two attached hydrogens (primary N) is 1. The summed E-state index contributed by atoms with van der Waals surface area (Å²) in [7, 11) is 1.78. The van der Waals surface area contributed by atoms with E-state index in [-0.39, 0.29) is 11.9 Å². The molecular formula is C15H23N3O2. The van der Waals surface area contributed by atoms with Crippen LogP contribution in [0, 0.1) is 0 Å². The van der Waals surface area contributed by atoms with Gasteiger partial charge in [-0.15, -0.1) is 0 Å². The van der Waals surface area contributed by atoms with Gasteiger partial charge in [0.15, 0.2) is 0 Å². The average Bonchev–Trinajstić information content (AvgIpc) is 2.39. The second-order valence-electron chi connectivity index (χ2n) is 4.97. The van der Waals surface area contributed by atoms with E-state index >= 15 is 0 Å². The zero-order valence-corrected chi connectivity index (χ0v) is 12.3. The van der Waals surface area contributed by atoms with Crippen LogP contribution in [0.4, 0.5) is 0 Å². The summed E-state index contributed by atoms with van der Waals surface area (Å²) in [4.78, 5) is 24.7. The first-order valence-corrected chi connectivity index (χ1v) is 6.80. The average molecular weight is 277 g/mol. The van der Waals surface area contributed by atoms with E-state index in [0.29, 0.717) is 18.5 Å². The maximum absolute atomic E-state index is 12.0. The van der Waals surface area contributed by atoms with Gasteiger partial charge in [-0.25, -0.2) is 0 Å². The van der Waals surface area contributed by atoms with E-state index in [4.69, 9.17) is 5.73 Å². The van der Waals surface area contributed by atoms with E-state index < -0.39 is 5.91 Å². The molecule has 0 aliphatic carbocycles. The smallest absolute Gasteiger partial charge is 0.248 e. The molecule has 0 radical (unpaired) electrons. The van der Waals surface area contributed by atoms with Crippen LogP contribution >= 0.6 is 0 Å². The van der Waals surface area contributed by atoms with Crippen LogP contribution < -0.4 is 11.1 Å². The lowest BCUT2D eigenvalue weighted by atomic mass is 10.1. The van der Waals surface area contributed by atoms with E-state index in [2.05, 4.69) is 5.32 Å². The Hall–Kier alpha value is -1.88. The Balaban J connectivity index is 2.54. The SMILES string of the molecule is CCNC(C)CC(=O)N(C)Cc1ccc(C(N)=O)cc1. The molecule has 0 heterocycles. The Bertz CT molecular complexity index is 457. The van der Waals surface area contributed by atoms with Gasteiger partial charge in [0, 0.05) is 31.6 Å². The normalized spacial score (nSPS) is 11.9. The lowest BCUT2D eigenvalue weighted by Crippen LogP contribution is -2.34. The van der Waals surface area contributed by atoms with Crippen molar-refractivity contribution in [3.63, 3.8) is 0 Å². The third kappa shape index (κ3) is 5.01. The molecule has 1 aromatic carbocycles. The number of nitrogens with one attached hydrogen (secondary N) is 1. The zero-order chi connectivity index (χ0) is 15.1. The van der Waals surface area contributed by atoms with Gasteiger partial charge in [0.1, 0.15) is 0 Å². The van der Waals surface area contributed by atoms with Crippen molar-refractivity contribution in [1.29, 1.82) is 0 Å². The maximum Gasteiger partial charge on any atom is 0.248 e. The van der Waals surface area contributed by atoms with E-state index in [9.17, 15) is 9.59 Å². The Kier molecular flexibility index (Phi) is 6.18. The molecule has 5 nitrogen and oxygen atoms in total. The van der Waals surface area contributed by atoms with Crippen LogP contribution in [-0.2, 0) is 11.3 Å². The van der Waals surface area contributed by atoms with Crippen molar-refractivity contribution in [2.75, 3.05) is 13.6 Å². The van der Waals surface area contributed by atoms with Gasteiger partial charge in [-0.05, 0) is 31.2 Å². The van der Waals surface area contributed by atoms with Gasteiger partial charge >= 0.3 is 0 Å². The highest BCUT2D eigenvalue weighted by Gasteiger charge is 2.13. The number of carbonyl (C=O) groups is 2. The standard InChI is InChI=1S/C15H23N3O2/c1-4-17-11(2)9-14(19)18(3)10-12-5-7-13(8-6-12)15(16)20/h5-8,11,17H,4,9-10H2,1-3H3,(H2,16,20). The van der Waals surface area contributed by atoms with E-state index in [1.807, 2.05) is 26.0 Å². The van der Waals surface area contributed by atoms with E-state index in [0.717, 1.165) is 12.1 Å². The second kappa shape index (κ2) is 7.65. The molecule has 20 heavy (non-hydrogen) atoms.